The molecule has 2 amide bonds. The molecule has 3 rings (SSSR count). The Morgan fingerprint density at radius 3 is 3.04 bits per heavy atom. The first-order chi connectivity index (χ1) is 11.2. The first kappa shape index (κ1) is 15.5. The largest absolute Gasteiger partial charge is 0.354 e. The van der Waals surface area contributed by atoms with Crippen molar-refractivity contribution in [2.75, 3.05) is 13.1 Å². The number of hydrogen-bond acceptors (Lipinski definition) is 3. The standard InChI is InChI=1S/C18H21N3O2/c1-2-16-18(23)20-7-3-9-21(16)17(22)11-13-4-5-15-12-19-8-6-14(15)10-13/h4-6,8,10,12,16H,2-3,7,9,11H2,1H3,(H,20,23)/t16-/m1/s1. The van der Waals surface area contributed by atoms with Gasteiger partial charge in [-0.1, -0.05) is 25.1 Å². The van der Waals surface area contributed by atoms with E-state index >= 15 is 0 Å². The molecule has 2 aromatic rings. The molecule has 1 fully saturated rings. The van der Waals surface area contributed by atoms with Crippen LogP contribution < -0.4 is 5.32 Å². The van der Waals surface area contributed by atoms with E-state index in [0.29, 0.717) is 25.9 Å². The monoisotopic (exact) mass is 311 g/mol. The highest BCUT2D eigenvalue weighted by Crippen LogP contribution is 2.17. The van der Waals surface area contributed by atoms with E-state index < -0.39 is 0 Å². The van der Waals surface area contributed by atoms with E-state index in [1.165, 1.54) is 0 Å². The SMILES string of the molecule is CC[C@@H]1C(=O)NCCCN1C(=O)Cc1ccc2cnccc2c1. The van der Waals surface area contributed by atoms with Gasteiger partial charge in [-0.15, -0.1) is 0 Å². The summed E-state index contributed by atoms with van der Waals surface area (Å²) in [6.07, 6.45) is 5.33. The normalized spacial score (nSPS) is 18.6. The Morgan fingerprint density at radius 1 is 1.35 bits per heavy atom. The molecule has 120 valence electrons. The second-order valence-electron chi connectivity index (χ2n) is 5.89. The van der Waals surface area contributed by atoms with Gasteiger partial charge in [-0.2, -0.15) is 0 Å². The van der Waals surface area contributed by atoms with Crippen LogP contribution in [-0.2, 0) is 16.0 Å². The number of pyridine rings is 1. The summed E-state index contributed by atoms with van der Waals surface area (Å²) in [5.74, 6) is -0.0229. The summed E-state index contributed by atoms with van der Waals surface area (Å²) >= 11 is 0. The van der Waals surface area contributed by atoms with Crippen LogP contribution in [0.1, 0.15) is 25.3 Å². The molecule has 1 aromatic carbocycles. The van der Waals surface area contributed by atoms with Crippen molar-refractivity contribution in [2.24, 2.45) is 0 Å². The predicted molar refractivity (Wildman–Crippen MR) is 88.9 cm³/mol. The number of carbonyl (C=O) groups excluding carboxylic acids is 2. The number of nitrogens with one attached hydrogen (secondary N) is 1. The maximum Gasteiger partial charge on any atom is 0.242 e. The number of hydrogen-bond donors (Lipinski definition) is 1. The Hall–Kier alpha value is -2.43. The van der Waals surface area contributed by atoms with Gasteiger partial charge in [0.2, 0.25) is 11.8 Å². The first-order valence-corrected chi connectivity index (χ1v) is 8.09. The molecule has 1 atom stereocenters. The molecule has 0 radical (unpaired) electrons. The van der Waals surface area contributed by atoms with Crippen molar-refractivity contribution in [1.29, 1.82) is 0 Å². The van der Waals surface area contributed by atoms with Crippen LogP contribution in [0.5, 0.6) is 0 Å². The van der Waals surface area contributed by atoms with Crippen LogP contribution in [0, 0.1) is 0 Å². The fourth-order valence-corrected chi connectivity index (χ4v) is 3.10. The molecular formula is C18H21N3O2. The molecule has 0 bridgehead atoms. The van der Waals surface area contributed by atoms with Crippen LogP contribution in [0.3, 0.4) is 0 Å². The van der Waals surface area contributed by atoms with E-state index in [0.717, 1.165) is 22.8 Å². The summed E-state index contributed by atoms with van der Waals surface area (Å²) in [6, 6.07) is 7.55. The van der Waals surface area contributed by atoms with Crippen LogP contribution in [0.25, 0.3) is 10.8 Å². The average molecular weight is 311 g/mol. The van der Waals surface area contributed by atoms with Crippen molar-refractivity contribution in [3.05, 3.63) is 42.2 Å². The van der Waals surface area contributed by atoms with Gasteiger partial charge in [0.15, 0.2) is 0 Å². The molecule has 1 aliphatic heterocycles. The van der Waals surface area contributed by atoms with Gasteiger partial charge in [0.1, 0.15) is 6.04 Å². The minimum atomic E-state index is -0.352. The molecule has 0 saturated carbocycles. The maximum absolute atomic E-state index is 12.7. The van der Waals surface area contributed by atoms with Gasteiger partial charge in [-0.25, -0.2) is 0 Å². The molecule has 2 heterocycles. The van der Waals surface area contributed by atoms with E-state index in [2.05, 4.69) is 10.3 Å². The molecule has 5 heteroatoms. The fraction of sp³-hybridized carbons (Fsp3) is 0.389. The van der Waals surface area contributed by atoms with Crippen molar-refractivity contribution in [3.8, 4) is 0 Å². The third kappa shape index (κ3) is 3.33. The molecule has 1 aliphatic rings. The summed E-state index contributed by atoms with van der Waals surface area (Å²) < 4.78 is 0. The Kier molecular flexibility index (Phi) is 4.55. The molecule has 1 N–H and O–H groups in total. The lowest BCUT2D eigenvalue weighted by Crippen LogP contribution is -2.47. The van der Waals surface area contributed by atoms with Crippen molar-refractivity contribution < 1.29 is 9.59 Å². The number of carbonyl (C=O) groups is 2. The number of fused-ring (bicyclic) bond motifs is 1. The Bertz CT molecular complexity index is 729. The summed E-state index contributed by atoms with van der Waals surface area (Å²) in [7, 11) is 0. The zero-order valence-electron chi connectivity index (χ0n) is 13.3. The zero-order valence-corrected chi connectivity index (χ0v) is 13.3. The van der Waals surface area contributed by atoms with Gasteiger partial charge in [0.25, 0.3) is 0 Å². The fourth-order valence-electron chi connectivity index (χ4n) is 3.10. The van der Waals surface area contributed by atoms with Crippen molar-refractivity contribution in [3.63, 3.8) is 0 Å². The number of benzene rings is 1. The Balaban J connectivity index is 1.79. The number of nitrogens with zero attached hydrogens (tertiary/aromatic N) is 2. The highest BCUT2D eigenvalue weighted by Gasteiger charge is 2.29. The summed E-state index contributed by atoms with van der Waals surface area (Å²) in [5.41, 5.74) is 0.966. The lowest BCUT2D eigenvalue weighted by molar-refractivity contribution is -0.139. The average Bonchev–Trinajstić information content (AvgIpc) is 2.76. The molecule has 1 aromatic heterocycles. The number of rotatable bonds is 3. The third-order valence-corrected chi connectivity index (χ3v) is 4.32. The topological polar surface area (TPSA) is 62.3 Å². The number of amides is 2. The smallest absolute Gasteiger partial charge is 0.242 e. The molecule has 0 aliphatic carbocycles. The Morgan fingerprint density at radius 2 is 2.22 bits per heavy atom. The van der Waals surface area contributed by atoms with E-state index in [1.54, 1.807) is 11.1 Å². The minimum Gasteiger partial charge on any atom is -0.354 e. The predicted octanol–water partition coefficient (Wildman–Crippen LogP) is 1.90. The van der Waals surface area contributed by atoms with Crippen LogP contribution in [0.15, 0.2) is 36.7 Å². The van der Waals surface area contributed by atoms with E-state index in [9.17, 15) is 9.59 Å². The van der Waals surface area contributed by atoms with Crippen LogP contribution in [0.2, 0.25) is 0 Å². The molecule has 1 saturated heterocycles. The van der Waals surface area contributed by atoms with Crippen LogP contribution in [-0.4, -0.2) is 40.8 Å². The molecule has 0 unspecified atom stereocenters. The first-order valence-electron chi connectivity index (χ1n) is 8.09. The van der Waals surface area contributed by atoms with Gasteiger partial charge in [0.05, 0.1) is 6.42 Å². The maximum atomic E-state index is 12.7. The minimum absolute atomic E-state index is 0.0160. The quantitative estimate of drug-likeness (QED) is 0.942. The summed E-state index contributed by atoms with van der Waals surface area (Å²) in [5, 5.41) is 5.01. The Labute approximate surface area is 135 Å². The zero-order chi connectivity index (χ0) is 16.2. The van der Waals surface area contributed by atoms with Crippen molar-refractivity contribution in [1.82, 2.24) is 15.2 Å². The van der Waals surface area contributed by atoms with Crippen molar-refractivity contribution in [2.45, 2.75) is 32.2 Å². The van der Waals surface area contributed by atoms with Crippen LogP contribution >= 0.6 is 0 Å². The lowest BCUT2D eigenvalue weighted by Gasteiger charge is -2.27. The van der Waals surface area contributed by atoms with Gasteiger partial charge in [0, 0.05) is 30.9 Å². The highest BCUT2D eigenvalue weighted by atomic mass is 16.2. The van der Waals surface area contributed by atoms with Crippen molar-refractivity contribution >= 4 is 22.6 Å². The van der Waals surface area contributed by atoms with E-state index in [1.807, 2.05) is 37.4 Å². The second-order valence-corrected chi connectivity index (χ2v) is 5.89. The van der Waals surface area contributed by atoms with E-state index in [-0.39, 0.29) is 17.9 Å². The van der Waals surface area contributed by atoms with E-state index in [4.69, 9.17) is 0 Å². The highest BCUT2D eigenvalue weighted by molar-refractivity contribution is 5.89. The second kappa shape index (κ2) is 6.77. The summed E-state index contributed by atoms with van der Waals surface area (Å²) in [4.78, 5) is 30.6. The number of aromatic nitrogens is 1. The van der Waals surface area contributed by atoms with Gasteiger partial charge in [-0.05, 0) is 29.9 Å². The van der Waals surface area contributed by atoms with Gasteiger partial charge < -0.3 is 10.2 Å². The lowest BCUT2D eigenvalue weighted by atomic mass is 10.1. The molecule has 23 heavy (non-hydrogen) atoms. The molecule has 5 nitrogen and oxygen atoms in total. The van der Waals surface area contributed by atoms with Crippen LogP contribution in [0.4, 0.5) is 0 Å². The van der Waals surface area contributed by atoms with Gasteiger partial charge >= 0.3 is 0 Å². The van der Waals surface area contributed by atoms with Gasteiger partial charge in [-0.3, -0.25) is 14.6 Å². The molecular weight excluding hydrogens is 290 g/mol. The molecule has 0 spiro atoms. The third-order valence-electron chi connectivity index (χ3n) is 4.32. The summed E-state index contributed by atoms with van der Waals surface area (Å²) in [6.45, 7) is 3.22.